The predicted molar refractivity (Wildman–Crippen MR) is 76.1 cm³/mol. The van der Waals surface area contributed by atoms with Crippen molar-refractivity contribution in [2.75, 3.05) is 0 Å². The van der Waals surface area contributed by atoms with Crippen LogP contribution in [0, 0.1) is 5.82 Å². The Morgan fingerprint density at radius 3 is 2.67 bits per heavy atom. The Bertz CT molecular complexity index is 843. The molecule has 0 bridgehead atoms. The Labute approximate surface area is 124 Å². The molecule has 0 aliphatic carbocycles. The maximum atomic E-state index is 13.1. The van der Waals surface area contributed by atoms with Crippen LogP contribution in [0.3, 0.4) is 0 Å². The Morgan fingerprint density at radius 1 is 1.10 bits per heavy atom. The summed E-state index contributed by atoms with van der Waals surface area (Å²) >= 11 is 6.03. The second-order valence-corrected chi connectivity index (χ2v) is 4.82. The smallest absolute Gasteiger partial charge is 0.244 e. The Hall–Kier alpha value is -2.47. The van der Waals surface area contributed by atoms with Crippen molar-refractivity contribution >= 4 is 11.6 Å². The Kier molecular flexibility index (Phi) is 3.53. The van der Waals surface area contributed by atoms with Crippen molar-refractivity contribution in [1.82, 2.24) is 19.8 Å². The van der Waals surface area contributed by atoms with Crippen LogP contribution in [0.15, 0.2) is 53.3 Å². The van der Waals surface area contributed by atoms with Gasteiger partial charge in [0.15, 0.2) is 0 Å². The SMILES string of the molecule is O=c1n(Cc2cccc(F)c2)nnn1-c1ccccc1Cl. The summed E-state index contributed by atoms with van der Waals surface area (Å²) in [4.78, 5) is 12.3. The number of hydrogen-bond acceptors (Lipinski definition) is 3. The van der Waals surface area contributed by atoms with Crippen molar-refractivity contribution in [3.8, 4) is 5.69 Å². The highest BCUT2D eigenvalue weighted by molar-refractivity contribution is 6.32. The molecule has 21 heavy (non-hydrogen) atoms. The third-order valence-corrected chi connectivity index (χ3v) is 3.26. The highest BCUT2D eigenvalue weighted by atomic mass is 35.5. The minimum absolute atomic E-state index is 0.140. The molecule has 0 aliphatic rings. The zero-order valence-electron chi connectivity index (χ0n) is 10.8. The van der Waals surface area contributed by atoms with Crippen molar-refractivity contribution in [1.29, 1.82) is 0 Å². The first-order valence-corrected chi connectivity index (χ1v) is 6.55. The summed E-state index contributed by atoms with van der Waals surface area (Å²) in [6, 6.07) is 12.8. The van der Waals surface area contributed by atoms with Crippen LogP contribution >= 0.6 is 11.6 Å². The molecule has 0 unspecified atom stereocenters. The molecule has 0 saturated carbocycles. The summed E-state index contributed by atoms with van der Waals surface area (Å²) < 4.78 is 15.4. The van der Waals surface area contributed by atoms with Gasteiger partial charge < -0.3 is 0 Å². The molecule has 7 heteroatoms. The molecule has 106 valence electrons. The molecule has 1 heterocycles. The van der Waals surface area contributed by atoms with Crippen molar-refractivity contribution in [2.24, 2.45) is 0 Å². The molecular weight excluding hydrogens is 295 g/mol. The summed E-state index contributed by atoms with van der Waals surface area (Å²) in [5.41, 5.74) is 0.644. The maximum absolute atomic E-state index is 13.1. The van der Waals surface area contributed by atoms with Gasteiger partial charge in [-0.3, -0.25) is 0 Å². The van der Waals surface area contributed by atoms with E-state index in [1.807, 2.05) is 0 Å². The number of halogens is 2. The average molecular weight is 305 g/mol. The van der Waals surface area contributed by atoms with Gasteiger partial charge in [-0.1, -0.05) is 35.9 Å². The van der Waals surface area contributed by atoms with Gasteiger partial charge in [-0.15, -0.1) is 0 Å². The topological polar surface area (TPSA) is 52.7 Å². The zero-order valence-corrected chi connectivity index (χ0v) is 11.5. The average Bonchev–Trinajstić information content (AvgIpc) is 2.81. The van der Waals surface area contributed by atoms with Gasteiger partial charge in [-0.2, -0.15) is 9.36 Å². The van der Waals surface area contributed by atoms with Crippen molar-refractivity contribution in [3.63, 3.8) is 0 Å². The number of aromatic nitrogens is 4. The van der Waals surface area contributed by atoms with Gasteiger partial charge in [0.2, 0.25) is 0 Å². The molecule has 0 spiro atoms. The summed E-state index contributed by atoms with van der Waals surface area (Å²) in [6.07, 6.45) is 0. The first-order valence-electron chi connectivity index (χ1n) is 6.17. The summed E-state index contributed by atoms with van der Waals surface area (Å²) in [7, 11) is 0. The molecule has 1 aromatic heterocycles. The third kappa shape index (κ3) is 2.71. The van der Waals surface area contributed by atoms with Crippen LogP contribution in [-0.2, 0) is 6.54 Å². The molecule has 3 rings (SSSR count). The first-order chi connectivity index (χ1) is 10.1. The summed E-state index contributed by atoms with van der Waals surface area (Å²) in [5, 5.41) is 8.00. The van der Waals surface area contributed by atoms with Gasteiger partial charge in [-0.05, 0) is 40.3 Å². The van der Waals surface area contributed by atoms with Crippen LogP contribution in [-0.4, -0.2) is 19.8 Å². The second-order valence-electron chi connectivity index (χ2n) is 4.41. The molecule has 5 nitrogen and oxygen atoms in total. The van der Waals surface area contributed by atoms with Crippen molar-refractivity contribution in [2.45, 2.75) is 6.54 Å². The zero-order chi connectivity index (χ0) is 14.8. The van der Waals surface area contributed by atoms with Crippen molar-refractivity contribution < 1.29 is 4.39 Å². The van der Waals surface area contributed by atoms with Crippen LogP contribution in [0.4, 0.5) is 4.39 Å². The monoisotopic (exact) mass is 304 g/mol. The minimum atomic E-state index is -0.438. The standard InChI is InChI=1S/C14H10ClFN4O/c15-12-6-1-2-7-13(12)20-14(21)19(17-18-20)9-10-4-3-5-11(16)8-10/h1-8H,9H2. The second kappa shape index (κ2) is 5.49. The van der Waals surface area contributed by atoms with E-state index in [2.05, 4.69) is 10.4 Å². The molecule has 0 N–H and O–H groups in total. The van der Waals surface area contributed by atoms with E-state index in [0.717, 1.165) is 9.36 Å². The molecule has 0 atom stereocenters. The lowest BCUT2D eigenvalue weighted by Gasteiger charge is -2.01. The van der Waals surface area contributed by atoms with Gasteiger partial charge in [0.25, 0.3) is 0 Å². The van der Waals surface area contributed by atoms with E-state index in [1.54, 1.807) is 36.4 Å². The number of benzene rings is 2. The number of hydrogen-bond donors (Lipinski definition) is 0. The number of para-hydroxylation sites is 1. The van der Waals surface area contributed by atoms with Gasteiger partial charge in [0.1, 0.15) is 5.82 Å². The quantitative estimate of drug-likeness (QED) is 0.746. The summed E-state index contributed by atoms with van der Waals surface area (Å²) in [5.74, 6) is -0.362. The highest BCUT2D eigenvalue weighted by Gasteiger charge is 2.11. The molecule has 3 aromatic rings. The fraction of sp³-hybridized carbons (Fsp3) is 0.0714. The van der Waals surface area contributed by atoms with Gasteiger partial charge in [-0.25, -0.2) is 9.18 Å². The number of nitrogens with zero attached hydrogens (tertiary/aromatic N) is 4. The molecule has 0 aliphatic heterocycles. The largest absolute Gasteiger partial charge is 0.368 e. The highest BCUT2D eigenvalue weighted by Crippen LogP contribution is 2.16. The Balaban J connectivity index is 1.97. The molecular formula is C14H10ClFN4O. The van der Waals surface area contributed by atoms with E-state index in [9.17, 15) is 9.18 Å². The molecule has 0 saturated heterocycles. The number of tetrazole rings is 1. The van der Waals surface area contributed by atoms with Crippen LogP contribution in [0.5, 0.6) is 0 Å². The molecule has 0 radical (unpaired) electrons. The van der Waals surface area contributed by atoms with Gasteiger partial charge >= 0.3 is 5.69 Å². The van der Waals surface area contributed by atoms with E-state index >= 15 is 0 Å². The van der Waals surface area contributed by atoms with Crippen molar-refractivity contribution in [3.05, 3.63) is 75.4 Å². The van der Waals surface area contributed by atoms with Crippen LogP contribution in [0.2, 0.25) is 5.02 Å². The lowest BCUT2D eigenvalue weighted by molar-refractivity contribution is 0.608. The van der Waals surface area contributed by atoms with Crippen LogP contribution in [0.1, 0.15) is 5.56 Å². The van der Waals surface area contributed by atoms with E-state index < -0.39 is 5.69 Å². The fourth-order valence-electron chi connectivity index (χ4n) is 1.96. The lowest BCUT2D eigenvalue weighted by atomic mass is 10.2. The van der Waals surface area contributed by atoms with Gasteiger partial charge in [0, 0.05) is 0 Å². The van der Waals surface area contributed by atoms with E-state index in [4.69, 9.17) is 11.6 Å². The molecule has 0 fully saturated rings. The van der Waals surface area contributed by atoms with Crippen LogP contribution < -0.4 is 5.69 Å². The lowest BCUT2D eigenvalue weighted by Crippen LogP contribution is -2.25. The third-order valence-electron chi connectivity index (χ3n) is 2.94. The predicted octanol–water partition coefficient (Wildman–Crippen LogP) is 2.27. The minimum Gasteiger partial charge on any atom is -0.244 e. The Morgan fingerprint density at radius 2 is 1.90 bits per heavy atom. The normalized spacial score (nSPS) is 10.8. The van der Waals surface area contributed by atoms with Gasteiger partial charge in [0.05, 0.1) is 17.3 Å². The first kappa shape index (κ1) is 13.5. The number of rotatable bonds is 3. The van der Waals surface area contributed by atoms with Crippen LogP contribution in [0.25, 0.3) is 5.69 Å². The molecule has 2 aromatic carbocycles. The van der Waals surface area contributed by atoms with E-state index in [1.165, 1.54) is 12.1 Å². The summed E-state index contributed by atoms with van der Waals surface area (Å²) in [6.45, 7) is 0.140. The van der Waals surface area contributed by atoms with E-state index in [0.29, 0.717) is 16.3 Å². The molecule has 0 amide bonds. The van der Waals surface area contributed by atoms with E-state index in [-0.39, 0.29) is 12.4 Å². The fourth-order valence-corrected chi connectivity index (χ4v) is 2.17. The maximum Gasteiger partial charge on any atom is 0.368 e.